The van der Waals surface area contributed by atoms with Crippen molar-refractivity contribution in [3.8, 4) is 16.9 Å². The van der Waals surface area contributed by atoms with Gasteiger partial charge in [-0.2, -0.15) is 5.10 Å². The van der Waals surface area contributed by atoms with Crippen LogP contribution in [0.4, 0.5) is 4.39 Å². The number of aromatic nitrogens is 2. The number of morpholine rings is 1. The van der Waals surface area contributed by atoms with Crippen LogP contribution in [0.1, 0.15) is 53.7 Å². The van der Waals surface area contributed by atoms with Crippen molar-refractivity contribution in [2.24, 2.45) is 0 Å². The number of halogens is 2. The fourth-order valence-corrected chi connectivity index (χ4v) is 8.13. The topological polar surface area (TPSA) is 84.7 Å². The Morgan fingerprint density at radius 3 is 2.52 bits per heavy atom. The third kappa shape index (κ3) is 4.45. The first kappa shape index (κ1) is 26.1. The molecule has 8 nitrogen and oxygen atoms in total. The predicted molar refractivity (Wildman–Crippen MR) is 148 cm³/mol. The maximum atomic E-state index is 15.2. The summed E-state index contributed by atoms with van der Waals surface area (Å²) in [5, 5.41) is 4.46. The van der Waals surface area contributed by atoms with Gasteiger partial charge in [-0.3, -0.25) is 9.69 Å². The molecule has 210 valence electrons. The van der Waals surface area contributed by atoms with Crippen LogP contribution in [-0.2, 0) is 26.9 Å². The molecule has 2 saturated heterocycles. The van der Waals surface area contributed by atoms with Gasteiger partial charge in [-0.25, -0.2) is 17.5 Å². The Hall–Kier alpha value is -2.79. The molecule has 1 aromatic heterocycles. The molecule has 4 heterocycles. The molecular weight excluding hydrogens is 555 g/mol. The van der Waals surface area contributed by atoms with E-state index in [2.05, 4.69) is 4.90 Å². The second-order valence-corrected chi connectivity index (χ2v) is 13.7. The van der Waals surface area contributed by atoms with Crippen molar-refractivity contribution in [3.63, 3.8) is 0 Å². The molecule has 4 aliphatic rings. The third-order valence-corrected chi connectivity index (χ3v) is 10.5. The molecule has 3 aromatic rings. The summed E-state index contributed by atoms with van der Waals surface area (Å²) in [5.41, 5.74) is 2.46. The van der Waals surface area contributed by atoms with Crippen LogP contribution in [0.5, 0.6) is 0 Å². The average molecular weight is 585 g/mol. The van der Waals surface area contributed by atoms with Gasteiger partial charge in [-0.05, 0) is 68.6 Å². The van der Waals surface area contributed by atoms with E-state index < -0.39 is 26.3 Å². The van der Waals surface area contributed by atoms with E-state index >= 15 is 4.39 Å². The molecule has 2 aromatic carbocycles. The second kappa shape index (κ2) is 9.65. The number of likely N-dealkylation sites (tertiary alicyclic amines) is 1. The first-order valence-corrected chi connectivity index (χ1v) is 15.9. The summed E-state index contributed by atoms with van der Waals surface area (Å²) < 4.78 is 49.4. The van der Waals surface area contributed by atoms with Crippen LogP contribution >= 0.6 is 11.6 Å². The highest BCUT2D eigenvalue weighted by Crippen LogP contribution is 2.45. The van der Waals surface area contributed by atoms with Gasteiger partial charge in [-0.15, -0.1) is 0 Å². The molecule has 3 aliphatic heterocycles. The summed E-state index contributed by atoms with van der Waals surface area (Å²) in [5.74, 6) is -1.85. The highest BCUT2D eigenvalue weighted by atomic mass is 35.5. The predicted octanol–water partition coefficient (Wildman–Crippen LogP) is 4.61. The second-order valence-electron chi connectivity index (χ2n) is 11.3. The number of piperidine rings is 1. The molecular formula is C29H30ClFN4O4S. The van der Waals surface area contributed by atoms with Gasteiger partial charge >= 0.3 is 0 Å². The Kier molecular flexibility index (Phi) is 6.30. The molecule has 1 saturated carbocycles. The van der Waals surface area contributed by atoms with E-state index in [-0.39, 0.29) is 33.4 Å². The largest absolute Gasteiger partial charge is 0.371 e. The third-order valence-electron chi connectivity index (χ3n) is 8.52. The van der Waals surface area contributed by atoms with E-state index in [4.69, 9.17) is 21.4 Å². The first-order valence-electron chi connectivity index (χ1n) is 13.8. The number of hydrogen-bond acceptors (Lipinski definition) is 6. The Bertz CT molecular complexity index is 1610. The van der Waals surface area contributed by atoms with Crippen LogP contribution in [-0.4, -0.2) is 72.3 Å². The molecule has 0 bridgehead atoms. The van der Waals surface area contributed by atoms with Gasteiger partial charge in [0.1, 0.15) is 4.90 Å². The minimum Gasteiger partial charge on any atom is -0.371 e. The average Bonchev–Trinajstić information content (AvgIpc) is 3.58. The van der Waals surface area contributed by atoms with Crippen molar-refractivity contribution in [2.45, 2.75) is 54.9 Å². The number of sulfone groups is 1. The number of rotatable bonds is 4. The first-order chi connectivity index (χ1) is 19.2. The van der Waals surface area contributed by atoms with Crippen molar-refractivity contribution in [3.05, 3.63) is 64.1 Å². The molecule has 3 fully saturated rings. The van der Waals surface area contributed by atoms with Crippen LogP contribution in [0.3, 0.4) is 0 Å². The standard InChI is InChI=1S/C29H30ClFN4O4S/c30-23-9-8-21-26-22(17-40(37,38)27(21)24(23)31)25(28(36)34-14-15-39-29(18-34)10-11-29)32-35(26)20-6-4-19(5-7-20)16-33-12-2-1-3-13-33/h4-9H,1-3,10-18H2. The van der Waals surface area contributed by atoms with Gasteiger partial charge in [0.25, 0.3) is 5.91 Å². The Morgan fingerprint density at radius 1 is 1.05 bits per heavy atom. The molecule has 40 heavy (non-hydrogen) atoms. The number of carbonyl (C=O) groups is 1. The fraction of sp³-hybridized carbons (Fsp3) is 0.448. The van der Waals surface area contributed by atoms with E-state index in [1.54, 1.807) is 9.58 Å². The monoisotopic (exact) mass is 584 g/mol. The lowest BCUT2D eigenvalue weighted by Crippen LogP contribution is -2.47. The number of benzene rings is 2. The zero-order valence-corrected chi connectivity index (χ0v) is 23.6. The van der Waals surface area contributed by atoms with Gasteiger partial charge in [-0.1, -0.05) is 30.2 Å². The van der Waals surface area contributed by atoms with Crippen molar-refractivity contribution in [1.82, 2.24) is 19.6 Å². The van der Waals surface area contributed by atoms with E-state index in [9.17, 15) is 13.2 Å². The lowest BCUT2D eigenvalue weighted by Gasteiger charge is -2.33. The van der Waals surface area contributed by atoms with Crippen LogP contribution in [0.2, 0.25) is 5.02 Å². The Labute approximate surface area is 237 Å². The zero-order chi connectivity index (χ0) is 27.6. The smallest absolute Gasteiger partial charge is 0.274 e. The SMILES string of the molecule is O=C(c1nn(-c2ccc(CN3CCCCC3)cc2)c2c1CS(=O)(=O)c1c-2ccc(Cl)c1F)N1CCOC2(CC2)C1. The highest BCUT2D eigenvalue weighted by molar-refractivity contribution is 7.91. The van der Waals surface area contributed by atoms with Crippen molar-refractivity contribution in [1.29, 1.82) is 0 Å². The van der Waals surface area contributed by atoms with Crippen LogP contribution in [0.25, 0.3) is 16.9 Å². The summed E-state index contributed by atoms with van der Waals surface area (Å²) in [6, 6.07) is 10.7. The van der Waals surface area contributed by atoms with E-state index in [1.165, 1.54) is 31.4 Å². The minimum absolute atomic E-state index is 0.0784. The highest BCUT2D eigenvalue weighted by Gasteiger charge is 2.49. The molecule has 7 rings (SSSR count). The van der Waals surface area contributed by atoms with E-state index in [0.717, 1.165) is 38.0 Å². The number of fused-ring (bicyclic) bond motifs is 3. The van der Waals surface area contributed by atoms with E-state index in [1.807, 2.05) is 24.3 Å². The number of amides is 1. The fourth-order valence-electron chi connectivity index (χ4n) is 6.24. The van der Waals surface area contributed by atoms with Gasteiger partial charge in [0, 0.05) is 24.2 Å². The Morgan fingerprint density at radius 2 is 1.80 bits per heavy atom. The number of nitrogens with zero attached hydrogens (tertiary/aromatic N) is 4. The van der Waals surface area contributed by atoms with Crippen LogP contribution in [0.15, 0.2) is 41.3 Å². The summed E-state index contributed by atoms with van der Waals surface area (Å²) in [4.78, 5) is 17.5. The summed E-state index contributed by atoms with van der Waals surface area (Å²) >= 11 is 6.01. The molecule has 0 atom stereocenters. The number of carbonyl (C=O) groups excluding carboxylic acids is 1. The van der Waals surface area contributed by atoms with Crippen molar-refractivity contribution < 1.29 is 22.3 Å². The van der Waals surface area contributed by atoms with Crippen molar-refractivity contribution in [2.75, 3.05) is 32.8 Å². The molecule has 1 amide bonds. The van der Waals surface area contributed by atoms with Crippen LogP contribution < -0.4 is 0 Å². The molecule has 11 heteroatoms. The molecule has 0 N–H and O–H groups in total. The van der Waals surface area contributed by atoms with Gasteiger partial charge < -0.3 is 9.64 Å². The summed E-state index contributed by atoms with van der Waals surface area (Å²) in [6.45, 7) is 4.31. The lowest BCUT2D eigenvalue weighted by atomic mass is 10.0. The number of hydrogen-bond donors (Lipinski definition) is 0. The quantitative estimate of drug-likeness (QED) is 0.445. The molecule has 0 radical (unpaired) electrons. The molecule has 1 spiro atoms. The summed E-state index contributed by atoms with van der Waals surface area (Å²) in [6.07, 6.45) is 5.49. The van der Waals surface area contributed by atoms with Gasteiger partial charge in [0.05, 0.1) is 40.9 Å². The maximum absolute atomic E-state index is 15.2. The molecule has 0 unspecified atom stereocenters. The normalized spacial score (nSPS) is 21.2. The van der Waals surface area contributed by atoms with Gasteiger partial charge in [0.2, 0.25) is 0 Å². The van der Waals surface area contributed by atoms with Crippen molar-refractivity contribution >= 4 is 27.3 Å². The summed E-state index contributed by atoms with van der Waals surface area (Å²) in [7, 11) is -4.11. The minimum atomic E-state index is -4.11. The Balaban J connectivity index is 1.33. The van der Waals surface area contributed by atoms with E-state index in [0.29, 0.717) is 31.1 Å². The lowest BCUT2D eigenvalue weighted by molar-refractivity contribution is -0.0377. The zero-order valence-electron chi connectivity index (χ0n) is 22.0. The maximum Gasteiger partial charge on any atom is 0.274 e. The van der Waals surface area contributed by atoms with Crippen LogP contribution in [0, 0.1) is 5.82 Å². The number of ether oxygens (including phenoxy) is 1. The molecule has 1 aliphatic carbocycles. The van der Waals surface area contributed by atoms with Gasteiger partial charge in [0.15, 0.2) is 21.3 Å².